The van der Waals surface area contributed by atoms with E-state index < -0.39 is 11.7 Å². The van der Waals surface area contributed by atoms with Crippen LogP contribution in [0.25, 0.3) is 22.1 Å². The van der Waals surface area contributed by atoms with E-state index in [1.807, 2.05) is 63.2 Å². The molecule has 0 saturated heterocycles. The maximum Gasteiger partial charge on any atom is 0.407 e. The molecular weight excluding hydrogens is 466 g/mol. The van der Waals surface area contributed by atoms with Crippen LogP contribution in [0.15, 0.2) is 77.4 Å². The summed E-state index contributed by atoms with van der Waals surface area (Å²) in [5.41, 5.74) is 6.56. The van der Waals surface area contributed by atoms with Gasteiger partial charge < -0.3 is 19.2 Å². The molecule has 0 fully saturated rings. The molecule has 6 heteroatoms. The fourth-order valence-electron chi connectivity index (χ4n) is 4.32. The average Bonchev–Trinajstić information content (AvgIpc) is 3.34. The van der Waals surface area contributed by atoms with Gasteiger partial charge in [-0.15, -0.1) is 0 Å². The van der Waals surface area contributed by atoms with Crippen molar-refractivity contribution in [1.82, 2.24) is 5.32 Å². The van der Waals surface area contributed by atoms with Gasteiger partial charge in [0, 0.05) is 17.5 Å². The fourth-order valence-corrected chi connectivity index (χ4v) is 4.32. The number of benzene rings is 3. The van der Waals surface area contributed by atoms with Gasteiger partial charge in [-0.25, -0.2) is 4.79 Å². The summed E-state index contributed by atoms with van der Waals surface area (Å²) >= 11 is 0. The van der Waals surface area contributed by atoms with Crippen LogP contribution < -0.4 is 5.32 Å². The van der Waals surface area contributed by atoms with E-state index in [-0.39, 0.29) is 12.4 Å². The number of fused-ring (bicyclic) bond motifs is 1. The molecule has 1 aromatic heterocycles. The lowest BCUT2D eigenvalue weighted by Crippen LogP contribution is -2.32. The third-order valence-electron chi connectivity index (χ3n) is 6.05. The summed E-state index contributed by atoms with van der Waals surface area (Å²) in [6, 6.07) is 22.3. The second-order valence-corrected chi connectivity index (χ2v) is 10.1. The predicted molar refractivity (Wildman–Crippen MR) is 144 cm³/mol. The van der Waals surface area contributed by atoms with Crippen molar-refractivity contribution < 1.29 is 23.5 Å². The summed E-state index contributed by atoms with van der Waals surface area (Å²) in [4.78, 5) is 23.9. The SMILES string of the molecule is COC(=O)Cc1ccccc1CCc1cc(-c2cccc(CNC(=O)OC(C)(C)C)c2)c2occc2c1. The Bertz CT molecular complexity index is 1400. The van der Waals surface area contributed by atoms with Crippen molar-refractivity contribution in [1.29, 1.82) is 0 Å². The van der Waals surface area contributed by atoms with E-state index in [0.717, 1.165) is 51.6 Å². The number of rotatable bonds is 8. The molecule has 1 N–H and O–H groups in total. The number of carbonyl (C=O) groups excluding carboxylic acids is 2. The lowest BCUT2D eigenvalue weighted by atomic mass is 9.94. The number of carbonyl (C=O) groups is 2. The highest BCUT2D eigenvalue weighted by molar-refractivity contribution is 5.93. The molecule has 6 nitrogen and oxygen atoms in total. The minimum absolute atomic E-state index is 0.240. The van der Waals surface area contributed by atoms with Gasteiger partial charge in [-0.3, -0.25) is 4.79 Å². The molecule has 0 atom stereocenters. The number of furan rings is 1. The Labute approximate surface area is 217 Å². The average molecular weight is 500 g/mol. The second-order valence-electron chi connectivity index (χ2n) is 10.1. The predicted octanol–water partition coefficient (Wildman–Crippen LogP) is 6.63. The number of aryl methyl sites for hydroxylation is 2. The van der Waals surface area contributed by atoms with Crippen LogP contribution in [0.1, 0.15) is 43.0 Å². The molecule has 4 aromatic rings. The maximum absolute atomic E-state index is 12.1. The number of methoxy groups -OCH3 is 1. The maximum atomic E-state index is 12.1. The molecule has 1 amide bonds. The largest absolute Gasteiger partial charge is 0.469 e. The third kappa shape index (κ3) is 7.00. The van der Waals surface area contributed by atoms with Gasteiger partial charge in [0.25, 0.3) is 0 Å². The minimum Gasteiger partial charge on any atom is -0.469 e. The van der Waals surface area contributed by atoms with E-state index in [0.29, 0.717) is 6.54 Å². The topological polar surface area (TPSA) is 77.8 Å². The normalized spacial score (nSPS) is 11.4. The van der Waals surface area contributed by atoms with Crippen LogP contribution in [0, 0.1) is 0 Å². The number of ether oxygens (including phenoxy) is 2. The Hall–Kier alpha value is -4.06. The molecular formula is C31H33NO5. The Balaban J connectivity index is 1.55. The van der Waals surface area contributed by atoms with Gasteiger partial charge in [-0.05, 0) is 85.7 Å². The standard InChI is InChI=1S/C31H33NO5/c1-31(2,3)37-30(34)32-20-22-8-7-11-25(17-22)27-18-21(16-26-14-15-36-29(26)27)12-13-23-9-5-6-10-24(23)19-28(33)35-4/h5-11,14-18H,12-13,19-20H2,1-4H3,(H,32,34). The number of amides is 1. The zero-order valence-corrected chi connectivity index (χ0v) is 21.8. The highest BCUT2D eigenvalue weighted by Crippen LogP contribution is 2.32. The van der Waals surface area contributed by atoms with Gasteiger partial charge in [-0.1, -0.05) is 42.5 Å². The quantitative estimate of drug-likeness (QED) is 0.276. The van der Waals surface area contributed by atoms with Crippen molar-refractivity contribution in [2.75, 3.05) is 7.11 Å². The van der Waals surface area contributed by atoms with Crippen molar-refractivity contribution >= 4 is 23.0 Å². The molecule has 192 valence electrons. The van der Waals surface area contributed by atoms with E-state index in [1.54, 1.807) is 6.26 Å². The van der Waals surface area contributed by atoms with Crippen molar-refractivity contribution in [2.24, 2.45) is 0 Å². The molecule has 4 rings (SSSR count). The molecule has 0 aliphatic heterocycles. The zero-order valence-electron chi connectivity index (χ0n) is 21.8. The molecule has 0 aliphatic carbocycles. The summed E-state index contributed by atoms with van der Waals surface area (Å²) in [5.74, 6) is -0.240. The van der Waals surface area contributed by atoms with E-state index in [9.17, 15) is 9.59 Å². The number of nitrogens with one attached hydrogen (secondary N) is 1. The van der Waals surface area contributed by atoms with Gasteiger partial charge in [0.05, 0.1) is 19.8 Å². The monoisotopic (exact) mass is 499 g/mol. The van der Waals surface area contributed by atoms with Crippen LogP contribution in [-0.4, -0.2) is 24.8 Å². The van der Waals surface area contributed by atoms with Crippen LogP contribution in [0.4, 0.5) is 4.79 Å². The molecule has 0 bridgehead atoms. The van der Waals surface area contributed by atoms with Gasteiger partial charge >= 0.3 is 12.1 Å². The highest BCUT2D eigenvalue weighted by atomic mass is 16.6. The number of hydrogen-bond acceptors (Lipinski definition) is 5. The number of hydrogen-bond donors (Lipinski definition) is 1. The van der Waals surface area contributed by atoms with Crippen molar-refractivity contribution in [3.05, 3.63) is 95.2 Å². The Morgan fingerprint density at radius 2 is 1.68 bits per heavy atom. The van der Waals surface area contributed by atoms with Gasteiger partial charge in [0.15, 0.2) is 0 Å². The van der Waals surface area contributed by atoms with Crippen molar-refractivity contribution in [2.45, 2.75) is 52.2 Å². The molecule has 0 saturated carbocycles. The summed E-state index contributed by atoms with van der Waals surface area (Å²) in [6.45, 7) is 5.88. The summed E-state index contributed by atoms with van der Waals surface area (Å²) in [7, 11) is 1.41. The molecule has 0 aliphatic rings. The highest BCUT2D eigenvalue weighted by Gasteiger charge is 2.16. The molecule has 0 unspecified atom stereocenters. The van der Waals surface area contributed by atoms with E-state index >= 15 is 0 Å². The Morgan fingerprint density at radius 1 is 0.892 bits per heavy atom. The smallest absolute Gasteiger partial charge is 0.407 e. The molecule has 1 heterocycles. The first-order chi connectivity index (χ1) is 17.7. The summed E-state index contributed by atoms with van der Waals surface area (Å²) in [6.07, 6.45) is 3.14. The molecule has 37 heavy (non-hydrogen) atoms. The Morgan fingerprint density at radius 3 is 2.43 bits per heavy atom. The first kappa shape index (κ1) is 26.0. The lowest BCUT2D eigenvalue weighted by Gasteiger charge is -2.19. The van der Waals surface area contributed by atoms with E-state index in [4.69, 9.17) is 13.9 Å². The van der Waals surface area contributed by atoms with E-state index in [1.165, 1.54) is 12.7 Å². The van der Waals surface area contributed by atoms with Crippen LogP contribution in [0.3, 0.4) is 0 Å². The van der Waals surface area contributed by atoms with Crippen LogP contribution >= 0.6 is 0 Å². The van der Waals surface area contributed by atoms with Crippen molar-refractivity contribution in [3.8, 4) is 11.1 Å². The van der Waals surface area contributed by atoms with Crippen molar-refractivity contribution in [3.63, 3.8) is 0 Å². The molecule has 0 radical (unpaired) electrons. The number of alkyl carbamates (subject to hydrolysis) is 1. The van der Waals surface area contributed by atoms with E-state index in [2.05, 4.69) is 29.6 Å². The van der Waals surface area contributed by atoms with Crippen LogP contribution in [0.2, 0.25) is 0 Å². The van der Waals surface area contributed by atoms with Gasteiger partial charge in [-0.2, -0.15) is 0 Å². The van der Waals surface area contributed by atoms with Gasteiger partial charge in [0.1, 0.15) is 11.2 Å². The molecule has 3 aromatic carbocycles. The third-order valence-corrected chi connectivity index (χ3v) is 6.05. The van der Waals surface area contributed by atoms with Crippen LogP contribution in [-0.2, 0) is 40.1 Å². The summed E-state index contributed by atoms with van der Waals surface area (Å²) in [5, 5.41) is 3.86. The second kappa shape index (κ2) is 11.3. The zero-order chi connectivity index (χ0) is 26.4. The fraction of sp³-hybridized carbons (Fsp3) is 0.290. The minimum atomic E-state index is -0.545. The summed E-state index contributed by atoms with van der Waals surface area (Å²) < 4.78 is 16.1. The molecule has 0 spiro atoms. The van der Waals surface area contributed by atoms with Crippen LogP contribution in [0.5, 0.6) is 0 Å². The lowest BCUT2D eigenvalue weighted by molar-refractivity contribution is -0.139. The first-order valence-electron chi connectivity index (χ1n) is 12.4. The Kier molecular flexibility index (Phi) is 7.97. The number of esters is 1. The van der Waals surface area contributed by atoms with Gasteiger partial charge in [0.2, 0.25) is 0 Å². The first-order valence-corrected chi connectivity index (χ1v) is 12.4.